The van der Waals surface area contributed by atoms with Crippen LogP contribution in [0.2, 0.25) is 10.0 Å². The minimum atomic E-state index is -0.354. The van der Waals surface area contributed by atoms with Crippen LogP contribution >= 0.6 is 34.5 Å². The number of fused-ring (bicyclic) bond motifs is 1. The zero-order valence-corrected chi connectivity index (χ0v) is 19.7. The summed E-state index contributed by atoms with van der Waals surface area (Å²) in [6.07, 6.45) is 0. The number of anilines is 1. The maximum atomic E-state index is 13.3. The highest BCUT2D eigenvalue weighted by Crippen LogP contribution is 2.27. The largest absolute Gasteiger partial charge is 0.323 e. The van der Waals surface area contributed by atoms with Gasteiger partial charge in [-0.1, -0.05) is 37.0 Å². The fraction of sp³-hybridized carbons (Fsp3) is 0.381. The Bertz CT molecular complexity index is 1150. The summed E-state index contributed by atoms with van der Waals surface area (Å²) in [5, 5.41) is 4.16. The Morgan fingerprint density at radius 1 is 1.23 bits per heavy atom. The predicted molar refractivity (Wildman–Crippen MR) is 125 cm³/mol. The van der Waals surface area contributed by atoms with Crippen molar-refractivity contribution in [3.05, 3.63) is 54.9 Å². The van der Waals surface area contributed by atoms with Crippen LogP contribution in [0.1, 0.15) is 30.1 Å². The first-order chi connectivity index (χ1) is 14.2. The molecular weight excluding hydrogens is 443 g/mol. The van der Waals surface area contributed by atoms with Crippen molar-refractivity contribution in [1.29, 1.82) is 0 Å². The summed E-state index contributed by atoms with van der Waals surface area (Å²) in [7, 11) is 0. The topological polar surface area (TPSA) is 67.2 Å². The molecule has 6 nitrogen and oxygen atoms in total. The lowest BCUT2D eigenvalue weighted by atomic mass is 10.2. The summed E-state index contributed by atoms with van der Waals surface area (Å²) in [4.78, 5) is 34.8. The molecule has 0 bridgehead atoms. The van der Waals surface area contributed by atoms with Crippen molar-refractivity contribution in [1.82, 2.24) is 14.5 Å². The second-order valence-corrected chi connectivity index (χ2v) is 9.06. The molecule has 0 radical (unpaired) electrons. The van der Waals surface area contributed by atoms with Gasteiger partial charge in [0.2, 0.25) is 5.91 Å². The molecule has 30 heavy (non-hydrogen) atoms. The van der Waals surface area contributed by atoms with E-state index >= 15 is 0 Å². The number of halogens is 2. The fourth-order valence-corrected chi connectivity index (χ4v) is 4.72. The molecule has 3 aromatic rings. The summed E-state index contributed by atoms with van der Waals surface area (Å²) < 4.78 is 1.47. The van der Waals surface area contributed by atoms with Gasteiger partial charge in [-0.2, -0.15) is 0 Å². The molecule has 9 heteroatoms. The van der Waals surface area contributed by atoms with E-state index < -0.39 is 0 Å². The summed E-state index contributed by atoms with van der Waals surface area (Å²) in [5.74, 6) is 0.225. The molecule has 1 aromatic carbocycles. The number of hydrogen-bond acceptors (Lipinski definition) is 5. The fourth-order valence-electron chi connectivity index (χ4n) is 3.22. The predicted octanol–water partition coefficient (Wildman–Crippen LogP) is 4.86. The number of carbonyl (C=O) groups excluding carboxylic acids is 1. The highest BCUT2D eigenvalue weighted by Gasteiger charge is 2.19. The van der Waals surface area contributed by atoms with Gasteiger partial charge in [0, 0.05) is 9.90 Å². The lowest BCUT2D eigenvalue weighted by Gasteiger charge is -2.20. The minimum absolute atomic E-state index is 0.147. The average Bonchev–Trinajstić information content (AvgIpc) is 2.98. The molecule has 0 aliphatic carbocycles. The van der Waals surface area contributed by atoms with Crippen LogP contribution in [0.4, 0.5) is 5.69 Å². The standard InChI is InChI=1S/C21H24Cl2N4O2S/c1-5-26(6-2)10-17-25-20-19(12(3)13(4)30-20)21(29)27(17)11-18(28)24-16-8-7-14(22)9-15(16)23/h7-9H,5-6,10-11H2,1-4H3,(H,24,28). The van der Waals surface area contributed by atoms with Gasteiger partial charge in [-0.05, 0) is 50.7 Å². The number of aromatic nitrogens is 2. The number of nitrogens with one attached hydrogen (secondary N) is 1. The van der Waals surface area contributed by atoms with Crippen molar-refractivity contribution in [2.24, 2.45) is 0 Å². The molecule has 0 unspecified atom stereocenters. The van der Waals surface area contributed by atoms with E-state index in [9.17, 15) is 9.59 Å². The lowest BCUT2D eigenvalue weighted by molar-refractivity contribution is -0.116. The van der Waals surface area contributed by atoms with Crippen molar-refractivity contribution in [3.63, 3.8) is 0 Å². The number of rotatable bonds is 7. The van der Waals surface area contributed by atoms with E-state index in [0.717, 1.165) is 28.4 Å². The Hall–Kier alpha value is -1.93. The molecule has 0 atom stereocenters. The van der Waals surface area contributed by atoms with Crippen LogP contribution in [0.25, 0.3) is 10.2 Å². The second kappa shape index (κ2) is 9.47. The van der Waals surface area contributed by atoms with E-state index in [1.165, 1.54) is 15.9 Å². The Morgan fingerprint density at radius 2 is 1.93 bits per heavy atom. The van der Waals surface area contributed by atoms with Crippen LogP contribution < -0.4 is 10.9 Å². The van der Waals surface area contributed by atoms with Gasteiger partial charge < -0.3 is 5.32 Å². The Morgan fingerprint density at radius 3 is 2.57 bits per heavy atom. The highest BCUT2D eigenvalue weighted by molar-refractivity contribution is 7.18. The molecule has 160 valence electrons. The normalized spacial score (nSPS) is 11.4. The van der Waals surface area contributed by atoms with Crippen molar-refractivity contribution in [3.8, 4) is 0 Å². The number of benzene rings is 1. The molecule has 0 spiro atoms. The summed E-state index contributed by atoms with van der Waals surface area (Å²) in [6.45, 7) is 9.98. The van der Waals surface area contributed by atoms with E-state index in [4.69, 9.17) is 28.2 Å². The lowest BCUT2D eigenvalue weighted by Crippen LogP contribution is -2.34. The summed E-state index contributed by atoms with van der Waals surface area (Å²) in [6, 6.07) is 4.84. The first-order valence-corrected chi connectivity index (χ1v) is 11.3. The van der Waals surface area contributed by atoms with E-state index in [1.54, 1.807) is 18.2 Å². The van der Waals surface area contributed by atoms with E-state index in [-0.39, 0.29) is 18.0 Å². The van der Waals surface area contributed by atoms with Gasteiger partial charge in [-0.15, -0.1) is 11.3 Å². The van der Waals surface area contributed by atoms with Gasteiger partial charge in [0.15, 0.2) is 0 Å². The first-order valence-electron chi connectivity index (χ1n) is 9.71. The van der Waals surface area contributed by atoms with Crippen molar-refractivity contribution < 1.29 is 4.79 Å². The van der Waals surface area contributed by atoms with Crippen molar-refractivity contribution in [2.45, 2.75) is 40.8 Å². The third-order valence-electron chi connectivity index (χ3n) is 5.13. The van der Waals surface area contributed by atoms with E-state index in [1.807, 2.05) is 13.8 Å². The van der Waals surface area contributed by atoms with Gasteiger partial charge in [0.1, 0.15) is 17.2 Å². The van der Waals surface area contributed by atoms with Gasteiger partial charge in [0.05, 0.1) is 22.6 Å². The zero-order valence-electron chi connectivity index (χ0n) is 17.4. The second-order valence-electron chi connectivity index (χ2n) is 7.02. The zero-order chi connectivity index (χ0) is 22.0. The SMILES string of the molecule is CCN(CC)Cc1nc2sc(C)c(C)c2c(=O)n1CC(=O)Nc1ccc(Cl)cc1Cl. The minimum Gasteiger partial charge on any atom is -0.323 e. The summed E-state index contributed by atoms with van der Waals surface area (Å²) in [5.41, 5.74) is 1.17. The Balaban J connectivity index is 2.01. The first kappa shape index (κ1) is 22.7. The molecule has 1 amide bonds. The Labute approximate surface area is 189 Å². The highest BCUT2D eigenvalue weighted by atomic mass is 35.5. The maximum Gasteiger partial charge on any atom is 0.263 e. The van der Waals surface area contributed by atoms with Crippen LogP contribution in [0.15, 0.2) is 23.0 Å². The quantitative estimate of drug-likeness (QED) is 0.539. The smallest absolute Gasteiger partial charge is 0.263 e. The molecule has 2 aromatic heterocycles. The molecule has 0 saturated carbocycles. The van der Waals surface area contributed by atoms with Gasteiger partial charge >= 0.3 is 0 Å². The molecule has 3 rings (SSSR count). The van der Waals surface area contributed by atoms with Crippen LogP contribution in [0.3, 0.4) is 0 Å². The molecule has 0 saturated heterocycles. The molecular formula is C21H24Cl2N4O2S. The third kappa shape index (κ3) is 4.70. The molecule has 1 N–H and O–H groups in total. The molecule has 0 fully saturated rings. The third-order valence-corrected chi connectivity index (χ3v) is 6.78. The average molecular weight is 467 g/mol. The van der Waals surface area contributed by atoms with Crippen LogP contribution in [0, 0.1) is 13.8 Å². The van der Waals surface area contributed by atoms with E-state index in [0.29, 0.717) is 33.5 Å². The van der Waals surface area contributed by atoms with Crippen LogP contribution in [-0.4, -0.2) is 33.4 Å². The number of hydrogen-bond donors (Lipinski definition) is 1. The van der Waals surface area contributed by atoms with Gasteiger partial charge in [-0.3, -0.25) is 19.1 Å². The van der Waals surface area contributed by atoms with Crippen LogP contribution in [0.5, 0.6) is 0 Å². The number of nitrogens with zero attached hydrogens (tertiary/aromatic N) is 3. The molecule has 0 aliphatic heterocycles. The van der Waals surface area contributed by atoms with Crippen molar-refractivity contribution >= 4 is 56.3 Å². The van der Waals surface area contributed by atoms with Crippen molar-refractivity contribution in [2.75, 3.05) is 18.4 Å². The molecule has 0 aliphatic rings. The molecule has 2 heterocycles. The number of thiophene rings is 1. The Kier molecular flexibility index (Phi) is 7.18. The number of carbonyl (C=O) groups is 1. The summed E-state index contributed by atoms with van der Waals surface area (Å²) >= 11 is 13.6. The van der Waals surface area contributed by atoms with Crippen LogP contribution in [-0.2, 0) is 17.9 Å². The number of aryl methyl sites for hydroxylation is 2. The maximum absolute atomic E-state index is 13.3. The monoisotopic (exact) mass is 466 g/mol. The van der Waals surface area contributed by atoms with Gasteiger partial charge in [0.25, 0.3) is 5.56 Å². The number of amides is 1. The van der Waals surface area contributed by atoms with Gasteiger partial charge in [-0.25, -0.2) is 4.98 Å². The van der Waals surface area contributed by atoms with E-state index in [2.05, 4.69) is 24.1 Å².